The molecule has 2 aliphatic heterocycles. The van der Waals surface area contributed by atoms with E-state index in [1.807, 2.05) is 27.8 Å². The van der Waals surface area contributed by atoms with Crippen LogP contribution < -0.4 is 0 Å². The molecule has 0 unspecified atom stereocenters. The third-order valence-electron chi connectivity index (χ3n) is 4.33. The summed E-state index contributed by atoms with van der Waals surface area (Å²) in [5, 5.41) is 0. The van der Waals surface area contributed by atoms with Gasteiger partial charge in [0.05, 0.1) is 0 Å². The first-order valence-electron chi connectivity index (χ1n) is 8.11. The highest BCUT2D eigenvalue weighted by molar-refractivity contribution is 5.68. The zero-order valence-electron chi connectivity index (χ0n) is 13.9. The van der Waals surface area contributed by atoms with Crippen molar-refractivity contribution in [3.63, 3.8) is 0 Å². The Kier molecular flexibility index (Phi) is 5.49. The second kappa shape index (κ2) is 6.97. The van der Waals surface area contributed by atoms with Crippen LogP contribution in [0.15, 0.2) is 0 Å². The number of ether oxygens (including phenoxy) is 2. The lowest BCUT2D eigenvalue weighted by Gasteiger charge is -2.30. The van der Waals surface area contributed by atoms with E-state index in [0.717, 1.165) is 45.2 Å². The average molecular weight is 298 g/mol. The predicted octanol–water partition coefficient (Wildman–Crippen LogP) is 2.35. The molecule has 2 saturated heterocycles. The normalized spacial score (nSPS) is 25.0. The van der Waals surface area contributed by atoms with Gasteiger partial charge in [-0.05, 0) is 46.0 Å². The lowest BCUT2D eigenvalue weighted by Crippen LogP contribution is -2.42. The zero-order chi connectivity index (χ0) is 15.5. The smallest absolute Gasteiger partial charge is 0.410 e. The second-order valence-corrected chi connectivity index (χ2v) is 7.35. The number of likely N-dealkylation sites (tertiary alicyclic amines) is 1. The largest absolute Gasteiger partial charge is 0.444 e. The van der Waals surface area contributed by atoms with Crippen LogP contribution in [0, 0.1) is 5.92 Å². The molecule has 0 aromatic carbocycles. The minimum absolute atomic E-state index is 0.208. The summed E-state index contributed by atoms with van der Waals surface area (Å²) in [6.45, 7) is 10.7. The van der Waals surface area contributed by atoms with Crippen molar-refractivity contribution in [2.75, 3.05) is 39.9 Å². The third-order valence-corrected chi connectivity index (χ3v) is 4.33. The summed E-state index contributed by atoms with van der Waals surface area (Å²) in [7, 11) is 1.86. The summed E-state index contributed by atoms with van der Waals surface area (Å²) < 4.78 is 10.9. The van der Waals surface area contributed by atoms with Crippen LogP contribution in [0.25, 0.3) is 0 Å². The molecule has 0 radical (unpaired) electrons. The fourth-order valence-corrected chi connectivity index (χ4v) is 3.07. The number of rotatable bonds is 3. The van der Waals surface area contributed by atoms with Crippen LogP contribution in [0.1, 0.15) is 40.0 Å². The van der Waals surface area contributed by atoms with E-state index in [4.69, 9.17) is 9.47 Å². The number of likely N-dealkylation sites (N-methyl/N-ethyl adjacent to an activating group) is 1. The van der Waals surface area contributed by atoms with Gasteiger partial charge in [-0.1, -0.05) is 0 Å². The van der Waals surface area contributed by atoms with Gasteiger partial charge < -0.3 is 19.3 Å². The topological polar surface area (TPSA) is 42.0 Å². The Morgan fingerprint density at radius 2 is 1.95 bits per heavy atom. The van der Waals surface area contributed by atoms with E-state index in [-0.39, 0.29) is 12.1 Å². The first kappa shape index (κ1) is 16.6. The molecule has 122 valence electrons. The van der Waals surface area contributed by atoms with E-state index in [9.17, 15) is 4.79 Å². The zero-order valence-corrected chi connectivity index (χ0v) is 13.9. The molecular formula is C16H30N2O3. The Bertz CT molecular complexity index is 348. The first-order valence-corrected chi connectivity index (χ1v) is 8.11. The monoisotopic (exact) mass is 298 g/mol. The summed E-state index contributed by atoms with van der Waals surface area (Å²) in [6, 6.07) is 0.277. The van der Waals surface area contributed by atoms with Crippen LogP contribution in [0.5, 0.6) is 0 Å². The molecule has 1 amide bonds. The predicted molar refractivity (Wildman–Crippen MR) is 82.4 cm³/mol. The Morgan fingerprint density at radius 1 is 1.29 bits per heavy atom. The molecule has 5 nitrogen and oxygen atoms in total. The summed E-state index contributed by atoms with van der Waals surface area (Å²) in [5.41, 5.74) is -0.425. The number of carbonyl (C=O) groups excluding carboxylic acids is 1. The van der Waals surface area contributed by atoms with Gasteiger partial charge in [-0.25, -0.2) is 4.79 Å². The summed E-state index contributed by atoms with van der Waals surface area (Å²) in [6.07, 6.45) is 3.17. The first-order chi connectivity index (χ1) is 9.85. The lowest BCUT2D eigenvalue weighted by atomic mass is 10.00. The molecule has 0 spiro atoms. The fraction of sp³-hybridized carbons (Fsp3) is 0.938. The third kappa shape index (κ3) is 5.15. The minimum atomic E-state index is -0.425. The van der Waals surface area contributed by atoms with E-state index in [1.54, 1.807) is 4.90 Å². The van der Waals surface area contributed by atoms with Gasteiger partial charge in [0.1, 0.15) is 5.60 Å². The molecule has 21 heavy (non-hydrogen) atoms. The highest BCUT2D eigenvalue weighted by Crippen LogP contribution is 2.22. The van der Waals surface area contributed by atoms with E-state index < -0.39 is 5.60 Å². The van der Waals surface area contributed by atoms with E-state index >= 15 is 0 Å². The molecule has 0 aliphatic carbocycles. The molecule has 5 heteroatoms. The minimum Gasteiger partial charge on any atom is -0.444 e. The van der Waals surface area contributed by atoms with E-state index in [0.29, 0.717) is 0 Å². The Labute approximate surface area is 128 Å². The van der Waals surface area contributed by atoms with Gasteiger partial charge in [-0.3, -0.25) is 0 Å². The SMILES string of the molecule is CN(C(=O)OC(C)(C)C)[C@H]1CCN(CC2CCOCC2)C1. The molecule has 0 aromatic rings. The van der Waals surface area contributed by atoms with Crippen LogP contribution >= 0.6 is 0 Å². The van der Waals surface area contributed by atoms with Gasteiger partial charge in [0.25, 0.3) is 0 Å². The van der Waals surface area contributed by atoms with Crippen molar-refractivity contribution >= 4 is 6.09 Å². The van der Waals surface area contributed by atoms with Crippen molar-refractivity contribution < 1.29 is 14.3 Å². The Balaban J connectivity index is 1.77. The van der Waals surface area contributed by atoms with Crippen LogP contribution in [-0.2, 0) is 9.47 Å². The maximum absolute atomic E-state index is 12.1. The summed E-state index contributed by atoms with van der Waals surface area (Å²) >= 11 is 0. The standard InChI is InChI=1S/C16H30N2O3/c1-16(2,3)21-15(19)17(4)14-5-8-18(12-14)11-13-6-9-20-10-7-13/h13-14H,5-12H2,1-4H3/t14-/m0/s1. The van der Waals surface area contributed by atoms with Gasteiger partial charge in [0.15, 0.2) is 0 Å². The van der Waals surface area contributed by atoms with Gasteiger partial charge in [-0.15, -0.1) is 0 Å². The lowest BCUT2D eigenvalue weighted by molar-refractivity contribution is 0.0223. The number of carbonyl (C=O) groups is 1. The molecule has 0 aromatic heterocycles. The van der Waals surface area contributed by atoms with Crippen molar-refractivity contribution in [2.24, 2.45) is 5.92 Å². The van der Waals surface area contributed by atoms with E-state index in [2.05, 4.69) is 4.90 Å². The number of nitrogens with zero attached hydrogens (tertiary/aromatic N) is 2. The number of hydrogen-bond acceptors (Lipinski definition) is 4. The van der Waals surface area contributed by atoms with Crippen LogP contribution in [-0.4, -0.2) is 67.4 Å². The molecule has 2 rings (SSSR count). The average Bonchev–Trinajstić information content (AvgIpc) is 2.85. The van der Waals surface area contributed by atoms with Gasteiger partial charge in [0.2, 0.25) is 0 Å². The molecule has 2 fully saturated rings. The Morgan fingerprint density at radius 3 is 2.57 bits per heavy atom. The van der Waals surface area contributed by atoms with E-state index in [1.165, 1.54) is 12.8 Å². The van der Waals surface area contributed by atoms with Crippen molar-refractivity contribution in [3.8, 4) is 0 Å². The number of hydrogen-bond donors (Lipinski definition) is 0. The molecule has 2 aliphatic rings. The van der Waals surface area contributed by atoms with Crippen molar-refractivity contribution in [2.45, 2.75) is 51.7 Å². The Hall–Kier alpha value is -0.810. The van der Waals surface area contributed by atoms with Crippen molar-refractivity contribution in [1.29, 1.82) is 0 Å². The number of amides is 1. The van der Waals surface area contributed by atoms with Gasteiger partial charge in [-0.2, -0.15) is 0 Å². The fourth-order valence-electron chi connectivity index (χ4n) is 3.07. The van der Waals surface area contributed by atoms with Crippen LogP contribution in [0.2, 0.25) is 0 Å². The summed E-state index contributed by atoms with van der Waals surface area (Å²) in [5.74, 6) is 0.754. The molecule has 0 N–H and O–H groups in total. The van der Waals surface area contributed by atoms with Crippen molar-refractivity contribution in [3.05, 3.63) is 0 Å². The quantitative estimate of drug-likeness (QED) is 0.802. The molecule has 2 heterocycles. The highest BCUT2D eigenvalue weighted by Gasteiger charge is 2.31. The van der Waals surface area contributed by atoms with Crippen molar-refractivity contribution in [1.82, 2.24) is 9.80 Å². The molecule has 0 saturated carbocycles. The maximum Gasteiger partial charge on any atom is 0.410 e. The summed E-state index contributed by atoms with van der Waals surface area (Å²) in [4.78, 5) is 16.4. The maximum atomic E-state index is 12.1. The second-order valence-electron chi connectivity index (χ2n) is 7.35. The molecule has 1 atom stereocenters. The molecular weight excluding hydrogens is 268 g/mol. The highest BCUT2D eigenvalue weighted by atomic mass is 16.6. The van der Waals surface area contributed by atoms with Crippen LogP contribution in [0.4, 0.5) is 4.79 Å². The van der Waals surface area contributed by atoms with Gasteiger partial charge in [0, 0.05) is 45.9 Å². The van der Waals surface area contributed by atoms with Crippen LogP contribution in [0.3, 0.4) is 0 Å². The molecule has 0 bridgehead atoms. The van der Waals surface area contributed by atoms with Gasteiger partial charge >= 0.3 is 6.09 Å².